The van der Waals surface area contributed by atoms with Crippen molar-refractivity contribution in [3.63, 3.8) is 0 Å². The Labute approximate surface area is 118 Å². The van der Waals surface area contributed by atoms with Crippen molar-refractivity contribution < 1.29 is 4.74 Å². The summed E-state index contributed by atoms with van der Waals surface area (Å²) in [6.45, 7) is 2.36. The first-order valence-corrected chi connectivity index (χ1v) is 7.27. The third-order valence-corrected chi connectivity index (χ3v) is 3.97. The highest BCUT2D eigenvalue weighted by Gasteiger charge is 2.16. The Morgan fingerprint density at radius 2 is 2.17 bits per heavy atom. The lowest BCUT2D eigenvalue weighted by atomic mass is 10.1. The number of methoxy groups -OCH3 is 1. The van der Waals surface area contributed by atoms with E-state index in [1.54, 1.807) is 7.11 Å². The second-order valence-corrected chi connectivity index (χ2v) is 5.84. The molecule has 1 aromatic carbocycles. The summed E-state index contributed by atoms with van der Waals surface area (Å²) < 4.78 is 6.48. The number of hydrogen-bond acceptors (Lipinski definition) is 3. The Bertz CT molecular complexity index is 397. The standard InChI is InChI=1S/C14H21BrN2O/c1-17-8-3-4-12(7-9-17)16-13-10-11(15)5-6-14(13)18-2/h5-6,10,12,16H,3-4,7-9H2,1-2H3. The van der Waals surface area contributed by atoms with Gasteiger partial charge in [0.25, 0.3) is 0 Å². The highest BCUT2D eigenvalue weighted by Crippen LogP contribution is 2.29. The number of halogens is 1. The summed E-state index contributed by atoms with van der Waals surface area (Å²) in [6, 6.07) is 6.63. The number of anilines is 1. The molecule has 4 heteroatoms. The molecule has 0 bridgehead atoms. The molecule has 0 spiro atoms. The van der Waals surface area contributed by atoms with E-state index in [2.05, 4.69) is 39.3 Å². The summed E-state index contributed by atoms with van der Waals surface area (Å²) in [6.07, 6.45) is 3.66. The molecule has 1 atom stereocenters. The molecular formula is C14H21BrN2O. The molecule has 3 nitrogen and oxygen atoms in total. The number of ether oxygens (including phenoxy) is 1. The average molecular weight is 313 g/mol. The largest absolute Gasteiger partial charge is 0.495 e. The maximum Gasteiger partial charge on any atom is 0.142 e. The van der Waals surface area contributed by atoms with Crippen LogP contribution in [-0.2, 0) is 0 Å². The molecule has 1 saturated heterocycles. The zero-order valence-corrected chi connectivity index (χ0v) is 12.7. The normalized spacial score (nSPS) is 21.4. The molecule has 1 aromatic rings. The van der Waals surface area contributed by atoms with Gasteiger partial charge in [-0.3, -0.25) is 0 Å². The number of nitrogens with one attached hydrogen (secondary N) is 1. The molecule has 18 heavy (non-hydrogen) atoms. The van der Waals surface area contributed by atoms with Crippen molar-refractivity contribution in [2.75, 3.05) is 32.6 Å². The van der Waals surface area contributed by atoms with Gasteiger partial charge in [0.2, 0.25) is 0 Å². The number of benzene rings is 1. The monoisotopic (exact) mass is 312 g/mol. The molecule has 1 aliphatic rings. The smallest absolute Gasteiger partial charge is 0.142 e. The van der Waals surface area contributed by atoms with Gasteiger partial charge in [0.1, 0.15) is 5.75 Å². The van der Waals surface area contributed by atoms with Gasteiger partial charge in [0, 0.05) is 10.5 Å². The Hall–Kier alpha value is -0.740. The number of hydrogen-bond donors (Lipinski definition) is 1. The molecule has 1 unspecified atom stereocenters. The molecule has 1 fully saturated rings. The van der Waals surface area contributed by atoms with E-state index in [4.69, 9.17) is 4.74 Å². The predicted octanol–water partition coefficient (Wildman–Crippen LogP) is 3.35. The van der Waals surface area contributed by atoms with Crippen molar-refractivity contribution in [1.82, 2.24) is 4.90 Å². The minimum Gasteiger partial charge on any atom is -0.495 e. The van der Waals surface area contributed by atoms with Crippen LogP contribution in [0.25, 0.3) is 0 Å². The van der Waals surface area contributed by atoms with Gasteiger partial charge in [-0.1, -0.05) is 15.9 Å². The molecule has 0 aromatic heterocycles. The van der Waals surface area contributed by atoms with E-state index in [1.165, 1.54) is 25.8 Å². The molecule has 1 aliphatic heterocycles. The number of nitrogens with zero attached hydrogens (tertiary/aromatic N) is 1. The molecule has 0 amide bonds. The Kier molecular flexibility index (Phi) is 4.89. The van der Waals surface area contributed by atoms with E-state index in [9.17, 15) is 0 Å². The summed E-state index contributed by atoms with van der Waals surface area (Å²) in [7, 11) is 3.91. The fourth-order valence-corrected chi connectivity index (χ4v) is 2.76. The van der Waals surface area contributed by atoms with Crippen LogP contribution in [-0.4, -0.2) is 38.2 Å². The summed E-state index contributed by atoms with van der Waals surface area (Å²) in [5.41, 5.74) is 1.08. The quantitative estimate of drug-likeness (QED) is 0.926. The molecule has 0 saturated carbocycles. The van der Waals surface area contributed by atoms with E-state index in [0.717, 1.165) is 22.5 Å². The van der Waals surface area contributed by atoms with Crippen LogP contribution in [0.4, 0.5) is 5.69 Å². The van der Waals surface area contributed by atoms with E-state index < -0.39 is 0 Å². The Balaban J connectivity index is 2.05. The van der Waals surface area contributed by atoms with Crippen molar-refractivity contribution in [3.8, 4) is 5.75 Å². The molecule has 1 heterocycles. The van der Waals surface area contributed by atoms with Gasteiger partial charge in [-0.2, -0.15) is 0 Å². The van der Waals surface area contributed by atoms with Gasteiger partial charge in [0.05, 0.1) is 12.8 Å². The molecular weight excluding hydrogens is 292 g/mol. The zero-order valence-electron chi connectivity index (χ0n) is 11.1. The lowest BCUT2D eigenvalue weighted by Crippen LogP contribution is -2.23. The van der Waals surface area contributed by atoms with Crippen molar-refractivity contribution in [2.24, 2.45) is 0 Å². The minimum absolute atomic E-state index is 0.540. The third-order valence-electron chi connectivity index (χ3n) is 3.47. The van der Waals surface area contributed by atoms with Crippen molar-refractivity contribution >= 4 is 21.6 Å². The number of rotatable bonds is 3. The Morgan fingerprint density at radius 1 is 1.33 bits per heavy atom. The van der Waals surface area contributed by atoms with Crippen LogP contribution in [0.3, 0.4) is 0 Å². The van der Waals surface area contributed by atoms with Gasteiger partial charge < -0.3 is 15.0 Å². The van der Waals surface area contributed by atoms with Crippen LogP contribution in [0, 0.1) is 0 Å². The van der Waals surface area contributed by atoms with E-state index in [-0.39, 0.29) is 0 Å². The highest BCUT2D eigenvalue weighted by molar-refractivity contribution is 9.10. The first kappa shape index (κ1) is 13.7. The highest BCUT2D eigenvalue weighted by atomic mass is 79.9. The maximum atomic E-state index is 5.40. The molecule has 100 valence electrons. The van der Waals surface area contributed by atoms with Gasteiger partial charge >= 0.3 is 0 Å². The third kappa shape index (κ3) is 3.62. The van der Waals surface area contributed by atoms with Crippen LogP contribution < -0.4 is 10.1 Å². The van der Waals surface area contributed by atoms with E-state index in [1.807, 2.05) is 12.1 Å². The Morgan fingerprint density at radius 3 is 2.94 bits per heavy atom. The lowest BCUT2D eigenvalue weighted by Gasteiger charge is -2.20. The van der Waals surface area contributed by atoms with Crippen molar-refractivity contribution in [2.45, 2.75) is 25.3 Å². The van der Waals surface area contributed by atoms with Crippen LogP contribution in [0.5, 0.6) is 5.75 Å². The van der Waals surface area contributed by atoms with Crippen LogP contribution >= 0.6 is 15.9 Å². The predicted molar refractivity (Wildman–Crippen MR) is 79.5 cm³/mol. The number of likely N-dealkylation sites (tertiary alicyclic amines) is 1. The van der Waals surface area contributed by atoms with Gasteiger partial charge in [-0.05, 0) is 57.6 Å². The molecule has 0 radical (unpaired) electrons. The SMILES string of the molecule is COc1ccc(Br)cc1NC1CCCN(C)CC1. The van der Waals surface area contributed by atoms with E-state index in [0.29, 0.717) is 6.04 Å². The summed E-state index contributed by atoms with van der Waals surface area (Å²) in [5.74, 6) is 0.913. The summed E-state index contributed by atoms with van der Waals surface area (Å²) in [5, 5.41) is 3.62. The first-order valence-electron chi connectivity index (χ1n) is 6.47. The lowest BCUT2D eigenvalue weighted by molar-refractivity contribution is 0.348. The maximum absolute atomic E-state index is 5.40. The topological polar surface area (TPSA) is 24.5 Å². The second kappa shape index (κ2) is 6.43. The summed E-state index contributed by atoms with van der Waals surface area (Å²) in [4.78, 5) is 2.40. The fraction of sp³-hybridized carbons (Fsp3) is 0.571. The average Bonchev–Trinajstić information content (AvgIpc) is 2.55. The fourth-order valence-electron chi connectivity index (χ4n) is 2.40. The van der Waals surface area contributed by atoms with E-state index >= 15 is 0 Å². The zero-order chi connectivity index (χ0) is 13.0. The first-order chi connectivity index (χ1) is 8.69. The minimum atomic E-state index is 0.540. The molecule has 2 rings (SSSR count). The second-order valence-electron chi connectivity index (χ2n) is 4.92. The van der Waals surface area contributed by atoms with Gasteiger partial charge in [-0.25, -0.2) is 0 Å². The van der Waals surface area contributed by atoms with Gasteiger partial charge in [0.15, 0.2) is 0 Å². The van der Waals surface area contributed by atoms with Crippen molar-refractivity contribution in [3.05, 3.63) is 22.7 Å². The summed E-state index contributed by atoms with van der Waals surface area (Å²) >= 11 is 3.51. The van der Waals surface area contributed by atoms with Gasteiger partial charge in [-0.15, -0.1) is 0 Å². The van der Waals surface area contributed by atoms with Crippen LogP contribution in [0.1, 0.15) is 19.3 Å². The molecule has 1 N–H and O–H groups in total. The van der Waals surface area contributed by atoms with Crippen LogP contribution in [0.2, 0.25) is 0 Å². The van der Waals surface area contributed by atoms with Crippen molar-refractivity contribution in [1.29, 1.82) is 0 Å². The van der Waals surface area contributed by atoms with Crippen LogP contribution in [0.15, 0.2) is 22.7 Å². The molecule has 0 aliphatic carbocycles.